The SMILES string of the molecule is O=C(Cc1nnc(NC(=O)c2ccccc2)s1)N/N=C\c1ccncc1. The van der Waals surface area contributed by atoms with Gasteiger partial charge < -0.3 is 0 Å². The first-order chi connectivity index (χ1) is 12.7. The fourth-order valence-electron chi connectivity index (χ4n) is 1.94. The fourth-order valence-corrected chi connectivity index (χ4v) is 2.67. The third kappa shape index (κ3) is 5.02. The summed E-state index contributed by atoms with van der Waals surface area (Å²) < 4.78 is 0. The van der Waals surface area contributed by atoms with Crippen molar-refractivity contribution in [1.82, 2.24) is 20.6 Å². The predicted octanol–water partition coefficient (Wildman–Crippen LogP) is 1.88. The number of hydrazone groups is 1. The van der Waals surface area contributed by atoms with Crippen molar-refractivity contribution in [2.45, 2.75) is 6.42 Å². The van der Waals surface area contributed by atoms with Gasteiger partial charge in [-0.1, -0.05) is 29.5 Å². The van der Waals surface area contributed by atoms with Gasteiger partial charge in [0.25, 0.3) is 5.91 Å². The van der Waals surface area contributed by atoms with Gasteiger partial charge >= 0.3 is 0 Å². The van der Waals surface area contributed by atoms with Crippen LogP contribution in [0.4, 0.5) is 5.13 Å². The van der Waals surface area contributed by atoms with Crippen molar-refractivity contribution in [3.05, 3.63) is 71.0 Å². The minimum Gasteiger partial charge on any atom is -0.296 e. The molecule has 0 atom stereocenters. The molecule has 0 fully saturated rings. The van der Waals surface area contributed by atoms with Crippen molar-refractivity contribution in [3.8, 4) is 0 Å². The van der Waals surface area contributed by atoms with Crippen molar-refractivity contribution in [1.29, 1.82) is 0 Å². The maximum Gasteiger partial charge on any atom is 0.257 e. The molecule has 26 heavy (non-hydrogen) atoms. The number of anilines is 1. The number of hydrogen-bond acceptors (Lipinski definition) is 7. The molecule has 3 aromatic rings. The summed E-state index contributed by atoms with van der Waals surface area (Å²) in [7, 11) is 0. The van der Waals surface area contributed by atoms with E-state index in [1.807, 2.05) is 6.07 Å². The highest BCUT2D eigenvalue weighted by Crippen LogP contribution is 2.16. The number of nitrogens with zero attached hydrogens (tertiary/aromatic N) is 4. The first-order valence-corrected chi connectivity index (χ1v) is 8.43. The van der Waals surface area contributed by atoms with Gasteiger partial charge in [0.1, 0.15) is 5.01 Å². The molecule has 2 heterocycles. The summed E-state index contributed by atoms with van der Waals surface area (Å²) in [5, 5.41) is 15.1. The number of amides is 2. The van der Waals surface area contributed by atoms with Crippen LogP contribution in [0.3, 0.4) is 0 Å². The maximum absolute atomic E-state index is 12.0. The van der Waals surface area contributed by atoms with E-state index < -0.39 is 0 Å². The molecule has 0 aliphatic heterocycles. The minimum atomic E-state index is -0.326. The lowest BCUT2D eigenvalue weighted by atomic mass is 10.2. The molecule has 0 saturated carbocycles. The second-order valence-corrected chi connectivity index (χ2v) is 6.13. The van der Waals surface area contributed by atoms with E-state index in [0.29, 0.717) is 15.7 Å². The van der Waals surface area contributed by atoms with Crippen LogP contribution >= 0.6 is 11.3 Å². The average molecular weight is 366 g/mol. The number of hydrogen-bond donors (Lipinski definition) is 2. The van der Waals surface area contributed by atoms with E-state index in [1.54, 1.807) is 48.8 Å². The first kappa shape index (κ1) is 17.4. The van der Waals surface area contributed by atoms with E-state index in [-0.39, 0.29) is 18.2 Å². The van der Waals surface area contributed by atoms with E-state index in [2.05, 4.69) is 31.0 Å². The van der Waals surface area contributed by atoms with Crippen LogP contribution in [0.5, 0.6) is 0 Å². The number of benzene rings is 1. The number of rotatable bonds is 6. The molecule has 0 radical (unpaired) electrons. The highest BCUT2D eigenvalue weighted by molar-refractivity contribution is 7.15. The number of carbonyl (C=O) groups excluding carboxylic acids is 2. The summed E-state index contributed by atoms with van der Waals surface area (Å²) in [4.78, 5) is 27.8. The zero-order valence-electron chi connectivity index (χ0n) is 13.5. The van der Waals surface area contributed by atoms with Gasteiger partial charge in [-0.2, -0.15) is 5.10 Å². The average Bonchev–Trinajstić information content (AvgIpc) is 3.10. The van der Waals surface area contributed by atoms with Crippen LogP contribution in [-0.4, -0.2) is 33.2 Å². The summed E-state index contributed by atoms with van der Waals surface area (Å²) in [5.41, 5.74) is 3.76. The first-order valence-electron chi connectivity index (χ1n) is 7.61. The van der Waals surface area contributed by atoms with Crippen molar-refractivity contribution in [3.63, 3.8) is 0 Å². The number of aromatic nitrogens is 3. The Hall–Kier alpha value is -3.46. The Kier molecular flexibility index (Phi) is 5.73. The molecule has 130 valence electrons. The molecule has 9 heteroatoms. The Morgan fingerprint density at radius 2 is 1.85 bits per heavy atom. The molecule has 0 unspecified atom stereocenters. The quantitative estimate of drug-likeness (QED) is 0.511. The lowest BCUT2D eigenvalue weighted by molar-refractivity contribution is -0.120. The molecule has 0 saturated heterocycles. The molecule has 2 N–H and O–H groups in total. The van der Waals surface area contributed by atoms with Crippen molar-refractivity contribution in [2.24, 2.45) is 5.10 Å². The van der Waals surface area contributed by atoms with Crippen LogP contribution in [0.15, 0.2) is 60.0 Å². The van der Waals surface area contributed by atoms with Gasteiger partial charge in [-0.3, -0.25) is 19.9 Å². The summed E-state index contributed by atoms with van der Waals surface area (Å²) in [5.74, 6) is -0.605. The van der Waals surface area contributed by atoms with E-state index >= 15 is 0 Å². The highest BCUT2D eigenvalue weighted by Gasteiger charge is 2.12. The van der Waals surface area contributed by atoms with E-state index in [1.165, 1.54) is 6.21 Å². The molecular weight excluding hydrogens is 352 g/mol. The Balaban J connectivity index is 1.51. The van der Waals surface area contributed by atoms with Crippen molar-refractivity contribution < 1.29 is 9.59 Å². The highest BCUT2D eigenvalue weighted by atomic mass is 32.1. The molecule has 8 nitrogen and oxygen atoms in total. The van der Waals surface area contributed by atoms with Gasteiger partial charge in [-0.05, 0) is 29.8 Å². The van der Waals surface area contributed by atoms with Crippen LogP contribution in [0.1, 0.15) is 20.9 Å². The van der Waals surface area contributed by atoms with Gasteiger partial charge in [0.2, 0.25) is 11.0 Å². The number of carbonyl (C=O) groups is 2. The summed E-state index contributed by atoms with van der Waals surface area (Å²) >= 11 is 1.14. The Morgan fingerprint density at radius 1 is 1.08 bits per heavy atom. The molecule has 3 rings (SSSR count). The minimum absolute atomic E-state index is 0.0204. The lowest BCUT2D eigenvalue weighted by Crippen LogP contribution is -2.19. The third-order valence-corrected chi connectivity index (χ3v) is 3.98. The largest absolute Gasteiger partial charge is 0.296 e. The van der Waals surface area contributed by atoms with Gasteiger partial charge in [0, 0.05) is 18.0 Å². The molecule has 0 spiro atoms. The molecule has 0 bridgehead atoms. The fraction of sp³-hybridized carbons (Fsp3) is 0.0588. The lowest BCUT2D eigenvalue weighted by Gasteiger charge is -1.99. The topological polar surface area (TPSA) is 109 Å². The maximum atomic E-state index is 12.0. The Labute approximate surface area is 153 Å². The Morgan fingerprint density at radius 3 is 2.62 bits per heavy atom. The van der Waals surface area contributed by atoms with Crippen molar-refractivity contribution >= 4 is 34.5 Å². The zero-order chi connectivity index (χ0) is 18.2. The predicted molar refractivity (Wildman–Crippen MR) is 98.0 cm³/mol. The third-order valence-electron chi connectivity index (χ3n) is 3.14. The molecule has 1 aromatic carbocycles. The molecule has 2 amide bonds. The van der Waals surface area contributed by atoms with Gasteiger partial charge in [-0.25, -0.2) is 5.43 Å². The summed E-state index contributed by atoms with van der Waals surface area (Å²) in [6, 6.07) is 12.3. The second-order valence-electron chi connectivity index (χ2n) is 5.07. The van der Waals surface area contributed by atoms with Gasteiger partial charge in [0.15, 0.2) is 0 Å². The van der Waals surface area contributed by atoms with E-state index in [0.717, 1.165) is 16.9 Å². The molecule has 2 aromatic heterocycles. The molecule has 0 aliphatic rings. The standard InChI is InChI=1S/C17H14N6O2S/c24-14(21-19-11-12-6-8-18-9-7-12)10-15-22-23-17(26-15)20-16(25)13-4-2-1-3-5-13/h1-9,11H,10H2,(H,21,24)(H,20,23,25)/b19-11-. The van der Waals surface area contributed by atoms with Gasteiger partial charge in [-0.15, -0.1) is 10.2 Å². The molecular formula is C17H14N6O2S. The Bertz CT molecular complexity index is 911. The van der Waals surface area contributed by atoms with Gasteiger partial charge in [0.05, 0.1) is 12.6 Å². The number of nitrogens with one attached hydrogen (secondary N) is 2. The second kappa shape index (κ2) is 8.58. The van der Waals surface area contributed by atoms with E-state index in [4.69, 9.17) is 0 Å². The van der Waals surface area contributed by atoms with E-state index in [9.17, 15) is 9.59 Å². The van der Waals surface area contributed by atoms with Crippen molar-refractivity contribution in [2.75, 3.05) is 5.32 Å². The normalized spacial score (nSPS) is 10.6. The summed E-state index contributed by atoms with van der Waals surface area (Å²) in [6.07, 6.45) is 4.81. The monoisotopic (exact) mass is 366 g/mol. The van der Waals surface area contributed by atoms with Crippen LogP contribution in [0.2, 0.25) is 0 Å². The summed E-state index contributed by atoms with van der Waals surface area (Å²) in [6.45, 7) is 0. The van der Waals surface area contributed by atoms with Crippen LogP contribution in [0.25, 0.3) is 0 Å². The zero-order valence-corrected chi connectivity index (χ0v) is 14.3. The number of pyridine rings is 1. The van der Waals surface area contributed by atoms with Crippen LogP contribution in [0, 0.1) is 0 Å². The van der Waals surface area contributed by atoms with Crippen LogP contribution < -0.4 is 10.7 Å². The molecule has 0 aliphatic carbocycles. The smallest absolute Gasteiger partial charge is 0.257 e. The van der Waals surface area contributed by atoms with Crippen LogP contribution in [-0.2, 0) is 11.2 Å².